The third-order valence-corrected chi connectivity index (χ3v) is 8.58. The van der Waals surface area contributed by atoms with Crippen LogP contribution in [0, 0.1) is 0 Å². The third kappa shape index (κ3) is 9.35. The average Bonchev–Trinajstić information content (AvgIpc) is 3.55. The van der Waals surface area contributed by atoms with Gasteiger partial charge < -0.3 is 29.0 Å². The Bertz CT molecular complexity index is 2170. The van der Waals surface area contributed by atoms with Crippen molar-refractivity contribution in [3.8, 4) is 51.4 Å². The second kappa shape index (κ2) is 15.8. The van der Waals surface area contributed by atoms with E-state index in [-0.39, 0.29) is 11.2 Å². The van der Waals surface area contributed by atoms with Gasteiger partial charge in [-0.3, -0.25) is 0 Å². The second-order valence-corrected chi connectivity index (χ2v) is 15.6. The molecule has 0 atom stereocenters. The van der Waals surface area contributed by atoms with Gasteiger partial charge in [-0.25, -0.2) is 15.0 Å². The molecule has 11 heteroatoms. The molecule has 0 amide bonds. The zero-order chi connectivity index (χ0) is 37.8. The van der Waals surface area contributed by atoms with Gasteiger partial charge in [0.15, 0.2) is 5.13 Å². The van der Waals surface area contributed by atoms with E-state index in [1.54, 1.807) is 32.7 Å². The number of nitrogens with zero attached hydrogens (tertiary/aromatic N) is 3. The maximum Gasteiger partial charge on any atom is 0.183 e. The van der Waals surface area contributed by atoms with Crippen molar-refractivity contribution in [2.24, 2.45) is 0 Å². The van der Waals surface area contributed by atoms with Crippen molar-refractivity contribution >= 4 is 49.9 Å². The Kier molecular flexibility index (Phi) is 11.7. The maximum atomic E-state index is 6.55. The number of anilines is 1. The highest BCUT2D eigenvalue weighted by Gasteiger charge is 2.21. The Morgan fingerprint density at radius 3 is 1.92 bits per heavy atom. The summed E-state index contributed by atoms with van der Waals surface area (Å²) in [6.07, 6.45) is 0. The first kappa shape index (κ1) is 38.4. The van der Waals surface area contributed by atoms with Crippen LogP contribution in [0.15, 0.2) is 72.1 Å². The predicted octanol–water partition coefficient (Wildman–Crippen LogP) is 11.1. The zero-order valence-electron chi connectivity index (χ0n) is 31.7. The first-order chi connectivity index (χ1) is 24.6. The summed E-state index contributed by atoms with van der Waals surface area (Å²) < 4.78 is 28.6. The van der Waals surface area contributed by atoms with Crippen LogP contribution in [0.4, 0.5) is 5.13 Å². The molecule has 3 aromatic heterocycles. The van der Waals surface area contributed by atoms with Crippen molar-refractivity contribution in [2.45, 2.75) is 72.6 Å². The van der Waals surface area contributed by atoms with Gasteiger partial charge in [0.1, 0.15) is 50.7 Å². The number of hydrogen-bond acceptors (Lipinski definition) is 10. The maximum absolute atomic E-state index is 6.55. The Hall–Kier alpha value is -4.80. The average molecular weight is 743 g/mol. The zero-order valence-corrected chi connectivity index (χ0v) is 33.2. The highest BCUT2D eigenvalue weighted by atomic mass is 35.5. The molecule has 3 heterocycles. The number of ether oxygens (including phenoxy) is 5. The molecule has 0 unspecified atom stereocenters. The number of para-hydroxylation sites is 1. The van der Waals surface area contributed by atoms with Gasteiger partial charge in [-0.15, -0.1) is 11.3 Å². The van der Waals surface area contributed by atoms with Crippen molar-refractivity contribution in [3.63, 3.8) is 0 Å². The van der Waals surface area contributed by atoms with E-state index in [0.717, 1.165) is 61.4 Å². The molecule has 0 saturated carbocycles. The number of thiazole rings is 1. The summed E-state index contributed by atoms with van der Waals surface area (Å²) in [7, 11) is 4.90. The first-order valence-corrected chi connectivity index (χ1v) is 18.2. The molecule has 0 saturated heterocycles. The highest BCUT2D eigenvalue weighted by Crippen LogP contribution is 2.40. The van der Waals surface area contributed by atoms with Crippen molar-refractivity contribution in [3.05, 3.63) is 77.1 Å². The quantitative estimate of drug-likeness (QED) is 0.155. The molecule has 0 aliphatic rings. The lowest BCUT2D eigenvalue weighted by atomic mass is 10.1. The predicted molar refractivity (Wildman–Crippen MR) is 214 cm³/mol. The molecule has 274 valence electrons. The monoisotopic (exact) mass is 742 g/mol. The number of benzene rings is 3. The summed E-state index contributed by atoms with van der Waals surface area (Å²) in [6, 6.07) is 21.6. The summed E-state index contributed by atoms with van der Waals surface area (Å²) in [4.78, 5) is 14.2. The number of hydrogen-bond donors (Lipinski definition) is 1. The normalized spacial score (nSPS) is 11.6. The van der Waals surface area contributed by atoms with Crippen LogP contribution in [0.2, 0.25) is 5.02 Å². The Morgan fingerprint density at radius 1 is 0.654 bits per heavy atom. The molecule has 6 rings (SSSR count). The van der Waals surface area contributed by atoms with E-state index in [4.69, 9.17) is 45.3 Å². The van der Waals surface area contributed by atoms with Gasteiger partial charge in [-0.05, 0) is 91.8 Å². The molecule has 0 aliphatic heterocycles. The van der Waals surface area contributed by atoms with Crippen LogP contribution >= 0.6 is 22.9 Å². The fourth-order valence-electron chi connectivity index (χ4n) is 5.33. The lowest BCUT2D eigenvalue weighted by Gasteiger charge is -2.23. The molecular weight excluding hydrogens is 696 g/mol. The van der Waals surface area contributed by atoms with Crippen molar-refractivity contribution in [2.75, 3.05) is 26.6 Å². The molecule has 9 nitrogen and oxygen atoms in total. The minimum absolute atomic E-state index is 0.312. The van der Waals surface area contributed by atoms with E-state index in [1.807, 2.05) is 114 Å². The standard InChI is InChI=1S/C21H23NO3.C20H24ClN3O2S/c1-21(2,3)25-20-13-18(15-8-6-7-9-19(15)24-5)22-17-12-14(23-4)10-11-16(17)20;1-11(2)22-19-24-14(10-27-19)13-9-16(26-20(3,4)5)12-7-8-15(25-6)17(21)18(12)23-13/h6-13H,1-5H3;7-11H,1-6H3,(H,22,24). The Balaban J connectivity index is 0.000000202. The number of pyridine rings is 2. The van der Waals surface area contributed by atoms with Gasteiger partial charge in [0.25, 0.3) is 0 Å². The number of methoxy groups -OCH3 is 3. The summed E-state index contributed by atoms with van der Waals surface area (Å²) in [5, 5.41) is 8.42. The van der Waals surface area contributed by atoms with Crippen molar-refractivity contribution in [1.29, 1.82) is 0 Å². The second-order valence-electron chi connectivity index (χ2n) is 14.3. The summed E-state index contributed by atoms with van der Waals surface area (Å²) in [5.74, 6) is 3.63. The van der Waals surface area contributed by atoms with E-state index in [1.165, 1.54) is 0 Å². The van der Waals surface area contributed by atoms with Gasteiger partial charge in [-0.1, -0.05) is 23.7 Å². The molecule has 1 N–H and O–H groups in total. The molecular formula is C41H47ClN4O5S. The molecule has 0 bridgehead atoms. The molecule has 0 fully saturated rings. The fraction of sp³-hybridized carbons (Fsp3) is 0.341. The summed E-state index contributed by atoms with van der Waals surface area (Å²) >= 11 is 8.09. The van der Waals surface area contributed by atoms with Crippen LogP contribution < -0.4 is 29.0 Å². The fourth-order valence-corrected chi connectivity index (χ4v) is 6.46. The smallest absolute Gasteiger partial charge is 0.183 e. The molecule has 0 spiro atoms. The van der Waals surface area contributed by atoms with Gasteiger partial charge in [0, 0.05) is 46.0 Å². The van der Waals surface area contributed by atoms with Crippen LogP contribution in [-0.2, 0) is 0 Å². The lowest BCUT2D eigenvalue weighted by molar-refractivity contribution is 0.132. The van der Waals surface area contributed by atoms with Crippen LogP contribution in [0.25, 0.3) is 44.5 Å². The number of halogens is 1. The third-order valence-electron chi connectivity index (χ3n) is 7.44. The van der Waals surface area contributed by atoms with Gasteiger partial charge in [0.2, 0.25) is 0 Å². The highest BCUT2D eigenvalue weighted by molar-refractivity contribution is 7.14. The lowest BCUT2D eigenvalue weighted by Crippen LogP contribution is -2.23. The minimum atomic E-state index is -0.357. The van der Waals surface area contributed by atoms with Crippen molar-refractivity contribution in [1.82, 2.24) is 15.0 Å². The minimum Gasteiger partial charge on any atom is -0.497 e. The number of aromatic nitrogens is 3. The van der Waals surface area contributed by atoms with Crippen LogP contribution in [-0.4, -0.2) is 53.5 Å². The summed E-state index contributed by atoms with van der Waals surface area (Å²) in [5.41, 5.74) is 4.01. The number of nitrogens with one attached hydrogen (secondary N) is 1. The number of fused-ring (bicyclic) bond motifs is 2. The molecule has 0 radical (unpaired) electrons. The van der Waals surface area contributed by atoms with Gasteiger partial charge in [0.05, 0.1) is 43.8 Å². The topological polar surface area (TPSA) is 96.9 Å². The van der Waals surface area contributed by atoms with Crippen LogP contribution in [0.1, 0.15) is 55.4 Å². The van der Waals surface area contributed by atoms with E-state index in [0.29, 0.717) is 28.0 Å². The van der Waals surface area contributed by atoms with E-state index < -0.39 is 0 Å². The van der Waals surface area contributed by atoms with Crippen LogP contribution in [0.5, 0.6) is 28.7 Å². The Morgan fingerprint density at radius 2 is 1.29 bits per heavy atom. The van der Waals surface area contributed by atoms with Crippen LogP contribution in [0.3, 0.4) is 0 Å². The molecule has 0 aliphatic carbocycles. The first-order valence-electron chi connectivity index (χ1n) is 17.0. The molecule has 3 aromatic carbocycles. The van der Waals surface area contributed by atoms with Gasteiger partial charge in [-0.2, -0.15) is 0 Å². The van der Waals surface area contributed by atoms with E-state index in [9.17, 15) is 0 Å². The van der Waals surface area contributed by atoms with Gasteiger partial charge >= 0.3 is 0 Å². The van der Waals surface area contributed by atoms with E-state index in [2.05, 4.69) is 24.1 Å². The summed E-state index contributed by atoms with van der Waals surface area (Å²) in [6.45, 7) is 16.3. The molecule has 6 aromatic rings. The Labute approximate surface area is 315 Å². The van der Waals surface area contributed by atoms with Crippen molar-refractivity contribution < 1.29 is 23.7 Å². The number of rotatable bonds is 9. The largest absolute Gasteiger partial charge is 0.497 e. The van der Waals surface area contributed by atoms with E-state index >= 15 is 0 Å². The molecule has 52 heavy (non-hydrogen) atoms. The SMILES string of the molecule is COc1ccc2c(OC(C)(C)C)cc(-c3ccccc3OC)nc2c1.COc1ccc2c(OC(C)(C)C)cc(-c3csc(NC(C)C)n3)nc2c1Cl.